The zero-order valence-electron chi connectivity index (χ0n) is 9.18. The van der Waals surface area contributed by atoms with Crippen molar-refractivity contribution in [3.05, 3.63) is 40.8 Å². The van der Waals surface area contributed by atoms with Crippen molar-refractivity contribution < 1.29 is 4.39 Å². The Bertz CT molecular complexity index is 365. The zero-order chi connectivity index (χ0) is 11.3. The van der Waals surface area contributed by atoms with Crippen LogP contribution in [0.5, 0.6) is 0 Å². The Labute approximate surface area is 90.5 Å². The predicted octanol–water partition coefficient (Wildman–Crippen LogP) is 3.42. The third kappa shape index (κ3) is 2.56. The fourth-order valence-electron chi connectivity index (χ4n) is 1.64. The smallest absolute Gasteiger partial charge is 0.0998 e. The molecular formula is C13H15FN. The molecule has 0 unspecified atom stereocenters. The van der Waals surface area contributed by atoms with Gasteiger partial charge in [0.2, 0.25) is 0 Å². The minimum atomic E-state index is -0.496. The molecule has 0 N–H and O–H groups in total. The van der Waals surface area contributed by atoms with Crippen LogP contribution in [0.1, 0.15) is 37.0 Å². The van der Waals surface area contributed by atoms with Crippen molar-refractivity contribution in [2.45, 2.75) is 26.7 Å². The summed E-state index contributed by atoms with van der Waals surface area (Å²) in [6.45, 7) is 3.30. The van der Waals surface area contributed by atoms with E-state index < -0.39 is 6.67 Å². The fraction of sp³-hybridized carbons (Fsp3) is 0.385. The Morgan fingerprint density at radius 2 is 2.20 bits per heavy atom. The standard InChI is InChI=1S/C13H15FN/c1-3-5-11-6-4-7-12(10(2)8-14)13(11)9-15/h4,6-7H,3,5,8H2,1-2H3. The van der Waals surface area contributed by atoms with Gasteiger partial charge in [-0.05, 0) is 17.5 Å². The molecule has 0 aromatic heterocycles. The molecule has 0 aliphatic rings. The van der Waals surface area contributed by atoms with Crippen LogP contribution in [0.15, 0.2) is 18.2 Å². The van der Waals surface area contributed by atoms with Crippen LogP contribution >= 0.6 is 0 Å². The summed E-state index contributed by atoms with van der Waals surface area (Å²) >= 11 is 0. The summed E-state index contributed by atoms with van der Waals surface area (Å²) < 4.78 is 12.6. The molecular weight excluding hydrogens is 189 g/mol. The highest BCUT2D eigenvalue weighted by Gasteiger charge is 2.13. The summed E-state index contributed by atoms with van der Waals surface area (Å²) in [6.07, 6.45) is 1.86. The van der Waals surface area contributed by atoms with Crippen LogP contribution in [-0.2, 0) is 6.42 Å². The Morgan fingerprint density at radius 1 is 1.47 bits per heavy atom. The topological polar surface area (TPSA) is 23.8 Å². The number of nitrogens with zero attached hydrogens (tertiary/aromatic N) is 1. The molecule has 0 bridgehead atoms. The van der Waals surface area contributed by atoms with Gasteiger partial charge in [0.05, 0.1) is 18.3 Å². The summed E-state index contributed by atoms with van der Waals surface area (Å²) in [5, 5.41) is 9.08. The van der Waals surface area contributed by atoms with E-state index in [-0.39, 0.29) is 0 Å². The van der Waals surface area contributed by atoms with Crippen LogP contribution in [0.2, 0.25) is 0 Å². The summed E-state index contributed by atoms with van der Waals surface area (Å²) in [4.78, 5) is 0. The van der Waals surface area contributed by atoms with E-state index in [2.05, 4.69) is 13.0 Å². The lowest BCUT2D eigenvalue weighted by molar-refractivity contribution is 0.516. The lowest BCUT2D eigenvalue weighted by Gasteiger charge is -2.11. The molecule has 0 heterocycles. The number of alkyl halides is 1. The van der Waals surface area contributed by atoms with Crippen LogP contribution in [0.3, 0.4) is 0 Å². The maximum Gasteiger partial charge on any atom is 0.0998 e. The van der Waals surface area contributed by atoms with Gasteiger partial charge >= 0.3 is 0 Å². The second-order valence-corrected chi connectivity index (χ2v) is 3.62. The van der Waals surface area contributed by atoms with Gasteiger partial charge in [0.25, 0.3) is 0 Å². The van der Waals surface area contributed by atoms with Gasteiger partial charge in [0.1, 0.15) is 0 Å². The monoisotopic (exact) mass is 204 g/mol. The lowest BCUT2D eigenvalue weighted by atomic mass is 9.92. The van der Waals surface area contributed by atoms with Gasteiger partial charge in [0.15, 0.2) is 0 Å². The van der Waals surface area contributed by atoms with E-state index in [0.717, 1.165) is 24.0 Å². The highest BCUT2D eigenvalue weighted by molar-refractivity contribution is 5.50. The lowest BCUT2D eigenvalue weighted by Crippen LogP contribution is -2.03. The molecule has 1 radical (unpaired) electrons. The molecule has 0 spiro atoms. The van der Waals surface area contributed by atoms with Gasteiger partial charge in [-0.1, -0.05) is 38.5 Å². The summed E-state index contributed by atoms with van der Waals surface area (Å²) in [7, 11) is 0. The minimum absolute atomic E-state index is 0.496. The predicted molar refractivity (Wildman–Crippen MR) is 59.1 cm³/mol. The molecule has 1 nitrogen and oxygen atoms in total. The summed E-state index contributed by atoms with van der Waals surface area (Å²) in [5.74, 6) is 0.629. The summed E-state index contributed by atoms with van der Waals surface area (Å²) in [5.41, 5.74) is 2.41. The summed E-state index contributed by atoms with van der Waals surface area (Å²) in [6, 6.07) is 7.82. The molecule has 0 amide bonds. The quantitative estimate of drug-likeness (QED) is 0.737. The number of rotatable bonds is 4. The van der Waals surface area contributed by atoms with E-state index in [1.807, 2.05) is 18.2 Å². The third-order valence-corrected chi connectivity index (χ3v) is 2.44. The molecule has 0 fully saturated rings. The number of hydrogen-bond acceptors (Lipinski definition) is 1. The molecule has 1 aromatic rings. The minimum Gasteiger partial charge on any atom is -0.250 e. The van der Waals surface area contributed by atoms with E-state index in [1.54, 1.807) is 6.92 Å². The van der Waals surface area contributed by atoms with Crippen molar-refractivity contribution >= 4 is 0 Å². The Balaban J connectivity index is 3.17. The van der Waals surface area contributed by atoms with Crippen molar-refractivity contribution in [1.29, 1.82) is 5.26 Å². The van der Waals surface area contributed by atoms with Gasteiger partial charge in [-0.2, -0.15) is 5.26 Å². The Kier molecular flexibility index (Phi) is 4.30. The molecule has 0 aliphatic heterocycles. The van der Waals surface area contributed by atoms with Crippen molar-refractivity contribution in [3.8, 4) is 6.07 Å². The molecule has 0 saturated carbocycles. The number of hydrogen-bond donors (Lipinski definition) is 0. The zero-order valence-corrected chi connectivity index (χ0v) is 9.18. The average Bonchev–Trinajstić information content (AvgIpc) is 2.28. The Morgan fingerprint density at radius 3 is 2.73 bits per heavy atom. The average molecular weight is 204 g/mol. The van der Waals surface area contributed by atoms with Gasteiger partial charge < -0.3 is 0 Å². The number of halogens is 1. The van der Waals surface area contributed by atoms with E-state index in [9.17, 15) is 4.39 Å². The van der Waals surface area contributed by atoms with Crippen LogP contribution in [0, 0.1) is 17.2 Å². The van der Waals surface area contributed by atoms with E-state index >= 15 is 0 Å². The van der Waals surface area contributed by atoms with Gasteiger partial charge in [-0.15, -0.1) is 0 Å². The van der Waals surface area contributed by atoms with Gasteiger partial charge in [-0.25, -0.2) is 0 Å². The molecule has 2 heteroatoms. The van der Waals surface area contributed by atoms with Crippen LogP contribution in [0.25, 0.3) is 0 Å². The normalized spacial score (nSPS) is 10.3. The first kappa shape index (κ1) is 11.7. The van der Waals surface area contributed by atoms with E-state index in [0.29, 0.717) is 11.5 Å². The SMILES string of the molecule is CCCc1cccc([C](C)CF)c1C#N. The molecule has 79 valence electrons. The number of aryl methyl sites for hydroxylation is 1. The van der Waals surface area contributed by atoms with E-state index in [4.69, 9.17) is 5.26 Å². The number of nitriles is 1. The van der Waals surface area contributed by atoms with E-state index in [1.165, 1.54) is 0 Å². The number of benzene rings is 1. The molecule has 0 saturated heterocycles. The third-order valence-electron chi connectivity index (χ3n) is 2.44. The second-order valence-electron chi connectivity index (χ2n) is 3.62. The van der Waals surface area contributed by atoms with Crippen LogP contribution in [-0.4, -0.2) is 6.67 Å². The van der Waals surface area contributed by atoms with Crippen molar-refractivity contribution in [2.75, 3.05) is 6.67 Å². The van der Waals surface area contributed by atoms with Crippen molar-refractivity contribution in [3.63, 3.8) is 0 Å². The van der Waals surface area contributed by atoms with Gasteiger partial charge in [0, 0.05) is 5.92 Å². The first-order chi connectivity index (χ1) is 7.24. The van der Waals surface area contributed by atoms with Crippen molar-refractivity contribution in [2.24, 2.45) is 0 Å². The Hall–Kier alpha value is -1.36. The molecule has 1 aromatic carbocycles. The molecule has 0 aliphatic carbocycles. The highest BCUT2D eigenvalue weighted by Crippen LogP contribution is 2.23. The first-order valence-corrected chi connectivity index (χ1v) is 5.15. The molecule has 15 heavy (non-hydrogen) atoms. The fourth-order valence-corrected chi connectivity index (χ4v) is 1.64. The van der Waals surface area contributed by atoms with Crippen LogP contribution < -0.4 is 0 Å². The molecule has 1 rings (SSSR count). The second kappa shape index (κ2) is 5.50. The molecule has 0 atom stereocenters. The first-order valence-electron chi connectivity index (χ1n) is 5.15. The van der Waals surface area contributed by atoms with Crippen LogP contribution in [0.4, 0.5) is 4.39 Å². The van der Waals surface area contributed by atoms with Crippen molar-refractivity contribution in [1.82, 2.24) is 0 Å². The maximum atomic E-state index is 12.6. The maximum absolute atomic E-state index is 12.6. The van der Waals surface area contributed by atoms with Gasteiger partial charge in [-0.3, -0.25) is 4.39 Å². The highest BCUT2D eigenvalue weighted by atomic mass is 19.1. The largest absolute Gasteiger partial charge is 0.250 e.